The van der Waals surface area contributed by atoms with Crippen molar-refractivity contribution in [1.29, 1.82) is 0 Å². The Balaban J connectivity index is 1.04. The van der Waals surface area contributed by atoms with Gasteiger partial charge in [-0.3, -0.25) is 0 Å². The highest BCUT2D eigenvalue weighted by Gasteiger charge is 2.43. The van der Waals surface area contributed by atoms with Crippen LogP contribution in [0.4, 0.5) is 0 Å². The minimum atomic E-state index is -0.334. The summed E-state index contributed by atoms with van der Waals surface area (Å²) in [5.74, 6) is 0. The second kappa shape index (κ2) is 13.1. The van der Waals surface area contributed by atoms with Crippen LogP contribution in [-0.2, 0) is 16.2 Å². The molecule has 3 aromatic heterocycles. The summed E-state index contributed by atoms with van der Waals surface area (Å²) in [7, 11) is 0. The monoisotopic (exact) mass is 954 g/mol. The fourth-order valence-corrected chi connectivity index (χ4v) is 17.1. The van der Waals surface area contributed by atoms with E-state index in [1.807, 2.05) is 22.7 Å². The average Bonchev–Trinajstić information content (AvgIpc) is 4.13. The Labute approximate surface area is 424 Å². The number of hydrogen-bond acceptors (Lipinski definition) is 3. The molecular formula is C69H46OS2. The second-order valence-electron chi connectivity index (χ2n) is 22.6. The summed E-state index contributed by atoms with van der Waals surface area (Å²) in [6.45, 7) is 14.8. The van der Waals surface area contributed by atoms with Crippen molar-refractivity contribution in [2.45, 2.75) is 57.8 Å². The zero-order valence-corrected chi connectivity index (χ0v) is 42.5. The van der Waals surface area contributed by atoms with Crippen LogP contribution in [0.2, 0.25) is 0 Å². The minimum absolute atomic E-state index is 0.158. The van der Waals surface area contributed by atoms with E-state index in [1.165, 1.54) is 156 Å². The topological polar surface area (TPSA) is 13.1 Å². The van der Waals surface area contributed by atoms with E-state index in [9.17, 15) is 0 Å². The third kappa shape index (κ3) is 4.68. The van der Waals surface area contributed by atoms with Crippen LogP contribution in [0, 0.1) is 0 Å². The number of hydrogen-bond donors (Lipinski definition) is 0. The fraction of sp³-hybridized carbons (Fsp3) is 0.130. The van der Waals surface area contributed by atoms with Crippen LogP contribution < -0.4 is 0 Å². The number of furan rings is 1. The third-order valence-corrected chi connectivity index (χ3v) is 20.3. The lowest BCUT2D eigenvalue weighted by molar-refractivity contribution is 0.631. The lowest BCUT2D eigenvalue weighted by Gasteiger charge is -2.38. The normalized spacial score (nSPS) is 15.7. The Morgan fingerprint density at radius 3 is 1.74 bits per heavy atom. The van der Waals surface area contributed by atoms with Gasteiger partial charge in [-0.25, -0.2) is 0 Å². The number of para-hydroxylation sites is 1. The van der Waals surface area contributed by atoms with E-state index in [4.69, 9.17) is 4.42 Å². The molecule has 0 radical (unpaired) electrons. The summed E-state index contributed by atoms with van der Waals surface area (Å²) in [5, 5.41) is 15.8. The number of fused-ring (bicyclic) bond motifs is 21. The molecule has 3 heterocycles. The first-order chi connectivity index (χ1) is 35.0. The van der Waals surface area contributed by atoms with Crippen LogP contribution in [0.3, 0.4) is 0 Å². The maximum absolute atomic E-state index is 6.70. The van der Waals surface area contributed by atoms with Crippen LogP contribution >= 0.6 is 22.7 Å². The van der Waals surface area contributed by atoms with Crippen molar-refractivity contribution in [1.82, 2.24) is 0 Å². The molecule has 0 fully saturated rings. The van der Waals surface area contributed by atoms with Gasteiger partial charge >= 0.3 is 0 Å². The van der Waals surface area contributed by atoms with Gasteiger partial charge < -0.3 is 4.42 Å². The van der Waals surface area contributed by atoms with Crippen LogP contribution in [-0.4, -0.2) is 0 Å². The predicted molar refractivity (Wildman–Crippen MR) is 310 cm³/mol. The first-order valence-corrected chi connectivity index (χ1v) is 27.1. The molecule has 0 unspecified atom stereocenters. The largest absolute Gasteiger partial charge is 0.456 e. The van der Waals surface area contributed by atoms with E-state index in [0.717, 1.165) is 16.6 Å². The molecule has 0 amide bonds. The molecule has 14 aromatic rings. The zero-order valence-electron chi connectivity index (χ0n) is 40.9. The number of benzene rings is 11. The van der Waals surface area contributed by atoms with E-state index >= 15 is 0 Å². The molecule has 11 aromatic carbocycles. The Hall–Kier alpha value is -7.56. The first-order valence-electron chi connectivity index (χ1n) is 25.5. The quantitative estimate of drug-likeness (QED) is 0.149. The SMILES string of the molecule is CC1(C)c2ccccc2-c2c1cc1c3c(c4cc5oc6ccccc6c5cc4cc23)-c2ccc(-c3c4cc5sc6ccccc6c5c5c4c(c4c3sc3ccccc34)C(C)(C)c3ccccc3-5)cc2C1(C)C. The van der Waals surface area contributed by atoms with Gasteiger partial charge in [0.2, 0.25) is 0 Å². The minimum Gasteiger partial charge on any atom is -0.456 e. The highest BCUT2D eigenvalue weighted by atomic mass is 32.1. The Morgan fingerprint density at radius 1 is 0.333 bits per heavy atom. The highest BCUT2D eigenvalue weighted by molar-refractivity contribution is 7.27. The summed E-state index contributed by atoms with van der Waals surface area (Å²) in [6.07, 6.45) is 0. The molecule has 0 saturated carbocycles. The summed E-state index contributed by atoms with van der Waals surface area (Å²) in [5.41, 5.74) is 20.3. The van der Waals surface area contributed by atoms with Crippen molar-refractivity contribution in [3.05, 3.63) is 203 Å². The lowest BCUT2D eigenvalue weighted by Crippen LogP contribution is -2.25. The van der Waals surface area contributed by atoms with Gasteiger partial charge in [-0.2, -0.15) is 0 Å². The zero-order chi connectivity index (χ0) is 47.9. The molecule has 0 saturated heterocycles. The van der Waals surface area contributed by atoms with Crippen LogP contribution in [0.5, 0.6) is 0 Å². The summed E-state index contributed by atoms with van der Waals surface area (Å²) >= 11 is 3.92. The molecule has 0 aliphatic heterocycles. The highest BCUT2D eigenvalue weighted by Crippen LogP contribution is 2.62. The molecule has 72 heavy (non-hydrogen) atoms. The first kappa shape index (κ1) is 40.1. The molecule has 3 aliphatic rings. The number of thiophene rings is 2. The van der Waals surface area contributed by atoms with Crippen LogP contribution in [0.1, 0.15) is 74.9 Å². The maximum atomic E-state index is 6.70. The van der Waals surface area contributed by atoms with Gasteiger partial charge in [0.1, 0.15) is 11.2 Å². The van der Waals surface area contributed by atoms with Gasteiger partial charge in [-0.15, -0.1) is 22.7 Å². The van der Waals surface area contributed by atoms with Crippen molar-refractivity contribution in [2.75, 3.05) is 0 Å². The molecule has 17 rings (SSSR count). The van der Waals surface area contributed by atoms with Gasteiger partial charge in [-0.1, -0.05) is 163 Å². The number of rotatable bonds is 1. The van der Waals surface area contributed by atoms with Gasteiger partial charge in [0.25, 0.3) is 0 Å². The Kier molecular flexibility index (Phi) is 7.29. The summed E-state index contributed by atoms with van der Waals surface area (Å²) < 4.78 is 12.1. The van der Waals surface area contributed by atoms with Crippen LogP contribution in [0.15, 0.2) is 174 Å². The van der Waals surface area contributed by atoms with Gasteiger partial charge in [0, 0.05) is 72.9 Å². The van der Waals surface area contributed by atoms with Gasteiger partial charge in [0.05, 0.1) is 0 Å². The summed E-state index contributed by atoms with van der Waals surface area (Å²) in [4.78, 5) is 0. The molecule has 3 heteroatoms. The van der Waals surface area contributed by atoms with Gasteiger partial charge in [0.15, 0.2) is 0 Å². The molecule has 0 atom stereocenters. The van der Waals surface area contributed by atoms with E-state index in [-0.39, 0.29) is 16.2 Å². The Morgan fingerprint density at radius 2 is 0.944 bits per heavy atom. The van der Waals surface area contributed by atoms with Crippen molar-refractivity contribution in [3.8, 4) is 44.5 Å². The summed E-state index contributed by atoms with van der Waals surface area (Å²) in [6, 6.07) is 65.3. The fourth-order valence-electron chi connectivity index (χ4n) is 14.7. The van der Waals surface area contributed by atoms with Crippen molar-refractivity contribution in [3.63, 3.8) is 0 Å². The van der Waals surface area contributed by atoms with E-state index < -0.39 is 0 Å². The maximum Gasteiger partial charge on any atom is 0.136 e. The average molecular weight is 955 g/mol. The second-order valence-corrected chi connectivity index (χ2v) is 24.7. The smallest absolute Gasteiger partial charge is 0.136 e. The van der Waals surface area contributed by atoms with Gasteiger partial charge in [-0.05, 0) is 153 Å². The standard InChI is InChI=1S/C69H46OS2/c1-67(2)47-22-12-7-18-38(47)58-45-30-36-29-44-37-17-9-14-24-52(37)70-53(44)32-43(36)59-40-28-27-35(31-49(40)68(3,4)51(60(45)59)34-50(58)67)57-46-33-56-61(41-20-10-15-25-54(41)71-56)62-39-19-8-13-23-48(39)69(5,6)65(63(46)62)64-42-21-11-16-26-55(42)72-66(57)64/h7-34H,1-6H3. The van der Waals surface area contributed by atoms with Crippen molar-refractivity contribution < 1.29 is 4.42 Å². The van der Waals surface area contributed by atoms with E-state index in [1.54, 1.807) is 0 Å². The molecule has 1 nitrogen and oxygen atoms in total. The molecule has 3 aliphatic carbocycles. The van der Waals surface area contributed by atoms with Crippen molar-refractivity contribution >= 4 is 117 Å². The molecule has 340 valence electrons. The predicted octanol–water partition coefficient (Wildman–Crippen LogP) is 20.4. The molecular weight excluding hydrogens is 909 g/mol. The molecule has 0 N–H and O–H groups in total. The molecule has 0 spiro atoms. The van der Waals surface area contributed by atoms with E-state index in [0.29, 0.717) is 0 Å². The van der Waals surface area contributed by atoms with E-state index in [2.05, 4.69) is 211 Å². The van der Waals surface area contributed by atoms with Crippen molar-refractivity contribution in [2.24, 2.45) is 0 Å². The third-order valence-electron chi connectivity index (χ3n) is 18.0. The van der Waals surface area contributed by atoms with Crippen LogP contribution in [0.25, 0.3) is 139 Å². The lowest BCUT2D eigenvalue weighted by atomic mass is 9.65. The molecule has 0 bridgehead atoms. The Bertz CT molecular complexity index is 4890.